The van der Waals surface area contributed by atoms with Gasteiger partial charge in [0.15, 0.2) is 5.03 Å². The number of alkyl halides is 3. The molecule has 10 nitrogen and oxygen atoms in total. The van der Waals surface area contributed by atoms with E-state index in [4.69, 9.17) is 4.74 Å². The molecule has 4 rings (SSSR count). The van der Waals surface area contributed by atoms with Crippen molar-refractivity contribution in [3.05, 3.63) is 71.7 Å². The number of ether oxygens (including phenoxy) is 1. The number of hydrogen-bond donors (Lipinski definition) is 2. The van der Waals surface area contributed by atoms with E-state index in [1.807, 2.05) is 18.9 Å². The minimum absolute atomic E-state index is 0.0837. The fourth-order valence-corrected chi connectivity index (χ4v) is 5.96. The summed E-state index contributed by atoms with van der Waals surface area (Å²) in [6, 6.07) is 9.23. The van der Waals surface area contributed by atoms with Gasteiger partial charge in [0.25, 0.3) is 10.0 Å². The van der Waals surface area contributed by atoms with E-state index < -0.39 is 33.9 Å². The number of imidazole rings is 1. The Morgan fingerprint density at radius 2 is 1.91 bits per heavy atom. The number of amides is 1. The zero-order valence-electron chi connectivity index (χ0n) is 24.4. The number of anilines is 1. The normalized spacial score (nSPS) is 18.8. The van der Waals surface area contributed by atoms with Gasteiger partial charge in [0.1, 0.15) is 11.9 Å². The van der Waals surface area contributed by atoms with E-state index >= 15 is 0 Å². The van der Waals surface area contributed by atoms with E-state index in [-0.39, 0.29) is 35.6 Å². The van der Waals surface area contributed by atoms with E-state index in [1.54, 1.807) is 37.1 Å². The minimum Gasteiger partial charge on any atom is -0.488 e. The Bertz CT molecular complexity index is 1530. The number of aliphatic hydroxyl groups is 1. The van der Waals surface area contributed by atoms with Gasteiger partial charge in [0.2, 0.25) is 5.91 Å². The van der Waals surface area contributed by atoms with Gasteiger partial charge in [-0.3, -0.25) is 14.4 Å². The van der Waals surface area contributed by atoms with Crippen LogP contribution in [0.3, 0.4) is 0 Å². The molecule has 1 aliphatic rings. The molecule has 1 aliphatic heterocycles. The average molecular weight is 624 g/mol. The summed E-state index contributed by atoms with van der Waals surface area (Å²) in [4.78, 5) is 20.9. The molecule has 0 bridgehead atoms. The monoisotopic (exact) mass is 623 g/mol. The van der Waals surface area contributed by atoms with Crippen molar-refractivity contribution < 1.29 is 36.2 Å². The number of sulfonamides is 1. The number of likely N-dealkylation sites (N-methyl/N-ethyl adjacent to an activating group) is 1. The molecule has 0 spiro atoms. The topological polar surface area (TPSA) is 117 Å². The van der Waals surface area contributed by atoms with Crippen LogP contribution in [0.25, 0.3) is 0 Å². The lowest BCUT2D eigenvalue weighted by atomic mass is 10.0. The average Bonchev–Trinajstić information content (AvgIpc) is 3.39. The zero-order valence-corrected chi connectivity index (χ0v) is 25.2. The van der Waals surface area contributed by atoms with Gasteiger partial charge in [-0.2, -0.15) is 21.6 Å². The van der Waals surface area contributed by atoms with E-state index in [9.17, 15) is 31.5 Å². The maximum Gasteiger partial charge on any atom is 0.416 e. The lowest BCUT2D eigenvalue weighted by molar-refractivity contribution is -0.137. The van der Waals surface area contributed by atoms with Crippen molar-refractivity contribution in [3.63, 3.8) is 0 Å². The van der Waals surface area contributed by atoms with Crippen LogP contribution in [-0.2, 0) is 41.0 Å². The third-order valence-corrected chi connectivity index (χ3v) is 8.62. The first kappa shape index (κ1) is 32.3. The number of aryl methyl sites for hydroxylation is 1. The van der Waals surface area contributed by atoms with Crippen LogP contribution in [-0.4, -0.2) is 77.7 Å². The quantitative estimate of drug-likeness (QED) is 0.375. The number of nitrogens with one attached hydrogen (secondary N) is 1. The van der Waals surface area contributed by atoms with Crippen molar-refractivity contribution in [1.29, 1.82) is 0 Å². The van der Waals surface area contributed by atoms with E-state index in [2.05, 4.69) is 9.71 Å². The molecule has 0 radical (unpaired) electrons. The summed E-state index contributed by atoms with van der Waals surface area (Å²) in [5.41, 5.74) is 0.673. The molecule has 0 saturated heterocycles. The molecule has 3 aromatic rings. The van der Waals surface area contributed by atoms with Gasteiger partial charge in [-0.15, -0.1) is 0 Å². The van der Waals surface area contributed by atoms with Crippen LogP contribution in [0.4, 0.5) is 18.9 Å². The van der Waals surface area contributed by atoms with Gasteiger partial charge in [-0.25, -0.2) is 4.98 Å². The molecule has 234 valence electrons. The highest BCUT2D eigenvalue weighted by atomic mass is 32.2. The number of carbonyl (C=O) groups excluding carboxylic acids is 1. The van der Waals surface area contributed by atoms with Gasteiger partial charge < -0.3 is 19.3 Å². The van der Waals surface area contributed by atoms with E-state index in [0.717, 1.165) is 12.1 Å². The first-order valence-electron chi connectivity index (χ1n) is 13.7. The number of nitrogens with zero attached hydrogens (tertiary/aromatic N) is 4. The predicted octanol–water partition coefficient (Wildman–Crippen LogP) is 3.52. The first-order chi connectivity index (χ1) is 20.2. The summed E-state index contributed by atoms with van der Waals surface area (Å²) in [6.45, 7) is 4.47. The summed E-state index contributed by atoms with van der Waals surface area (Å²) in [5, 5.41) is 9.70. The Labute approximate surface area is 249 Å². The van der Waals surface area contributed by atoms with Gasteiger partial charge >= 0.3 is 6.18 Å². The Morgan fingerprint density at radius 3 is 2.51 bits per heavy atom. The molecule has 0 saturated carbocycles. The fraction of sp³-hybridized carbons (Fsp3) is 0.448. The summed E-state index contributed by atoms with van der Waals surface area (Å²) in [5.74, 6) is -0.0320. The van der Waals surface area contributed by atoms with Crippen molar-refractivity contribution in [2.75, 3.05) is 31.5 Å². The molecular weight excluding hydrogens is 587 g/mol. The molecule has 43 heavy (non-hydrogen) atoms. The lowest BCUT2D eigenvalue weighted by Crippen LogP contribution is -2.47. The maximum atomic E-state index is 13.4. The largest absolute Gasteiger partial charge is 0.488 e. The second-order valence-corrected chi connectivity index (χ2v) is 12.7. The van der Waals surface area contributed by atoms with Crippen LogP contribution in [0.5, 0.6) is 5.75 Å². The number of benzene rings is 2. The molecule has 3 atom stereocenters. The highest BCUT2D eigenvalue weighted by Gasteiger charge is 2.32. The smallest absolute Gasteiger partial charge is 0.416 e. The standard InChI is InChI=1S/C29H36F3N5O5S/c1-19-13-37(20(2)17-38)28(39)12-22-11-24(34-43(40,41)27-16-36(4)18-33-27)9-10-25(22)42-26(19)15-35(3)14-21-5-7-23(8-6-21)29(30,31)32/h5-11,16,18-20,26,34,38H,12-15,17H2,1-4H3/t19-,20+,26+/m0/s1. The van der Waals surface area contributed by atoms with Crippen LogP contribution in [0.15, 0.2) is 60.0 Å². The maximum absolute atomic E-state index is 13.4. The fourth-order valence-electron chi connectivity index (χ4n) is 4.93. The Hall–Kier alpha value is -3.62. The predicted molar refractivity (Wildman–Crippen MR) is 154 cm³/mol. The number of rotatable bonds is 9. The number of hydrogen-bond acceptors (Lipinski definition) is 7. The second kappa shape index (κ2) is 12.9. The lowest BCUT2D eigenvalue weighted by Gasteiger charge is -2.34. The second-order valence-electron chi connectivity index (χ2n) is 11.1. The van der Waals surface area contributed by atoms with Crippen molar-refractivity contribution in [1.82, 2.24) is 19.4 Å². The number of fused-ring (bicyclic) bond motifs is 1. The molecule has 2 N–H and O–H groups in total. The number of aromatic nitrogens is 2. The summed E-state index contributed by atoms with van der Waals surface area (Å²) >= 11 is 0. The Kier molecular flexibility index (Phi) is 9.72. The molecular formula is C29H36F3N5O5S. The van der Waals surface area contributed by atoms with Crippen LogP contribution in [0, 0.1) is 5.92 Å². The molecule has 2 aromatic carbocycles. The number of carbonyl (C=O) groups is 1. The van der Waals surface area contributed by atoms with Crippen LogP contribution in [0.1, 0.15) is 30.5 Å². The Morgan fingerprint density at radius 1 is 1.21 bits per heavy atom. The molecule has 0 aliphatic carbocycles. The molecule has 2 heterocycles. The first-order valence-corrected chi connectivity index (χ1v) is 15.2. The highest BCUT2D eigenvalue weighted by molar-refractivity contribution is 7.92. The summed E-state index contributed by atoms with van der Waals surface area (Å²) < 4.78 is 75.1. The van der Waals surface area contributed by atoms with Crippen molar-refractivity contribution in [2.45, 2.75) is 50.2 Å². The molecule has 0 unspecified atom stereocenters. The molecule has 0 fully saturated rings. The zero-order chi connectivity index (χ0) is 31.5. The van der Waals surface area contributed by atoms with Gasteiger partial charge in [-0.05, 0) is 49.9 Å². The third-order valence-electron chi connectivity index (χ3n) is 7.35. The van der Waals surface area contributed by atoms with E-state index in [1.165, 1.54) is 29.2 Å². The third kappa shape index (κ3) is 8.06. The van der Waals surface area contributed by atoms with Crippen molar-refractivity contribution >= 4 is 21.6 Å². The van der Waals surface area contributed by atoms with Crippen LogP contribution in [0.2, 0.25) is 0 Å². The van der Waals surface area contributed by atoms with E-state index in [0.29, 0.717) is 36.5 Å². The molecule has 1 aromatic heterocycles. The van der Waals surface area contributed by atoms with Crippen LogP contribution < -0.4 is 9.46 Å². The van der Waals surface area contributed by atoms with Crippen LogP contribution >= 0.6 is 0 Å². The SMILES string of the molecule is C[C@H](CO)N1C[C@H](C)[C@@H](CN(C)Cc2ccc(C(F)(F)F)cc2)Oc2ccc(NS(=O)(=O)c3cn(C)cn3)cc2CC1=O. The van der Waals surface area contributed by atoms with Gasteiger partial charge in [0, 0.05) is 50.0 Å². The van der Waals surface area contributed by atoms with Gasteiger partial charge in [-0.1, -0.05) is 19.1 Å². The molecule has 14 heteroatoms. The Balaban J connectivity index is 1.59. The number of halogens is 3. The summed E-state index contributed by atoms with van der Waals surface area (Å²) in [7, 11) is -0.498. The minimum atomic E-state index is -4.41. The highest BCUT2D eigenvalue weighted by Crippen LogP contribution is 2.31. The molecule has 1 amide bonds. The van der Waals surface area contributed by atoms with Gasteiger partial charge in [0.05, 0.1) is 31.0 Å². The number of aliphatic hydroxyl groups excluding tert-OH is 1. The summed E-state index contributed by atoms with van der Waals surface area (Å²) in [6.07, 6.45) is -2.20. The van der Waals surface area contributed by atoms with Crippen molar-refractivity contribution in [2.24, 2.45) is 13.0 Å². The van der Waals surface area contributed by atoms with Crippen molar-refractivity contribution in [3.8, 4) is 5.75 Å².